The lowest BCUT2D eigenvalue weighted by Crippen LogP contribution is -2.42. The minimum atomic E-state index is -0.561. The summed E-state index contributed by atoms with van der Waals surface area (Å²) in [6.45, 7) is 7.32. The zero-order chi connectivity index (χ0) is 21.0. The Kier molecular flexibility index (Phi) is 5.94. The second-order valence-electron chi connectivity index (χ2n) is 7.85. The number of amides is 1. The van der Waals surface area contributed by atoms with E-state index in [0.29, 0.717) is 11.1 Å². The fourth-order valence-corrected chi connectivity index (χ4v) is 2.95. The van der Waals surface area contributed by atoms with Gasteiger partial charge in [-0.05, 0) is 44.7 Å². The van der Waals surface area contributed by atoms with Gasteiger partial charge in [0, 0.05) is 34.9 Å². The topological polar surface area (TPSA) is 80.3 Å². The lowest BCUT2D eigenvalue weighted by molar-refractivity contribution is 0.0489. The van der Waals surface area contributed by atoms with E-state index in [1.54, 1.807) is 45.3 Å². The molecule has 3 rings (SSSR count). The van der Waals surface area contributed by atoms with Gasteiger partial charge >= 0.3 is 6.09 Å². The third kappa shape index (κ3) is 5.18. The van der Waals surface area contributed by atoms with Crippen molar-refractivity contribution in [3.63, 3.8) is 0 Å². The summed E-state index contributed by atoms with van der Waals surface area (Å²) >= 11 is 0. The van der Waals surface area contributed by atoms with Gasteiger partial charge in [0.15, 0.2) is 5.78 Å². The molecule has 0 unspecified atom stereocenters. The Morgan fingerprint density at radius 3 is 2.45 bits per heavy atom. The van der Waals surface area contributed by atoms with Gasteiger partial charge < -0.3 is 4.74 Å². The van der Waals surface area contributed by atoms with Crippen LogP contribution in [0.1, 0.15) is 55.2 Å². The van der Waals surface area contributed by atoms with E-state index < -0.39 is 11.7 Å². The van der Waals surface area contributed by atoms with Crippen molar-refractivity contribution in [3.05, 3.63) is 77.6 Å². The number of ketones is 1. The quantitative estimate of drug-likeness (QED) is 0.492. The minimum absolute atomic E-state index is 0.0409. The van der Waals surface area contributed by atoms with E-state index in [-0.39, 0.29) is 11.8 Å². The van der Waals surface area contributed by atoms with Crippen LogP contribution in [0.3, 0.4) is 0 Å². The third-order valence-corrected chi connectivity index (χ3v) is 4.39. The second kappa shape index (κ2) is 8.41. The Balaban J connectivity index is 1.69. The summed E-state index contributed by atoms with van der Waals surface area (Å²) in [5.74, 6) is -0.0409. The van der Waals surface area contributed by atoms with E-state index in [9.17, 15) is 9.59 Å². The zero-order valence-electron chi connectivity index (χ0n) is 17.0. The molecular weight excluding hydrogens is 366 g/mol. The van der Waals surface area contributed by atoms with Crippen LogP contribution in [0.4, 0.5) is 4.79 Å². The maximum Gasteiger partial charge on any atom is 0.422 e. The molecule has 3 aromatic rings. The average molecular weight is 391 g/mol. The van der Waals surface area contributed by atoms with Gasteiger partial charge in [-0.2, -0.15) is 0 Å². The number of hydrogen-bond acceptors (Lipinski definition) is 5. The van der Waals surface area contributed by atoms with Crippen LogP contribution in [0.2, 0.25) is 0 Å². The van der Waals surface area contributed by atoms with Crippen LogP contribution in [-0.2, 0) is 4.74 Å². The highest BCUT2D eigenvalue weighted by Crippen LogP contribution is 2.22. The van der Waals surface area contributed by atoms with E-state index in [4.69, 9.17) is 4.74 Å². The van der Waals surface area contributed by atoms with Crippen molar-refractivity contribution in [2.45, 2.75) is 39.3 Å². The molecule has 0 aliphatic carbocycles. The summed E-state index contributed by atoms with van der Waals surface area (Å²) in [7, 11) is 0. The van der Waals surface area contributed by atoms with Gasteiger partial charge in [0.25, 0.3) is 0 Å². The molecule has 0 radical (unpaired) electrons. The van der Waals surface area contributed by atoms with Crippen molar-refractivity contribution in [1.82, 2.24) is 15.8 Å². The monoisotopic (exact) mass is 391 g/mol. The van der Waals surface area contributed by atoms with Crippen molar-refractivity contribution in [2.24, 2.45) is 0 Å². The largest absolute Gasteiger partial charge is 0.443 e. The molecular formula is C23H25N3O3. The van der Waals surface area contributed by atoms with Crippen LogP contribution in [0, 0.1) is 0 Å². The number of hydrazine groups is 1. The predicted molar refractivity (Wildman–Crippen MR) is 113 cm³/mol. The van der Waals surface area contributed by atoms with Crippen LogP contribution in [0.5, 0.6) is 0 Å². The average Bonchev–Trinajstić information content (AvgIpc) is 2.70. The fraction of sp³-hybridized carbons (Fsp3) is 0.261. The van der Waals surface area contributed by atoms with Crippen LogP contribution < -0.4 is 10.9 Å². The maximum atomic E-state index is 13.0. The smallest absolute Gasteiger partial charge is 0.422 e. The van der Waals surface area contributed by atoms with E-state index in [1.165, 1.54) is 0 Å². The fourth-order valence-electron chi connectivity index (χ4n) is 2.95. The zero-order valence-corrected chi connectivity index (χ0v) is 17.0. The summed E-state index contributed by atoms with van der Waals surface area (Å²) in [6.07, 6.45) is 2.90. The van der Waals surface area contributed by atoms with Crippen molar-refractivity contribution < 1.29 is 14.3 Å². The summed E-state index contributed by atoms with van der Waals surface area (Å²) in [4.78, 5) is 28.8. The van der Waals surface area contributed by atoms with Crippen molar-refractivity contribution in [2.75, 3.05) is 0 Å². The molecule has 150 valence electrons. The van der Waals surface area contributed by atoms with Crippen molar-refractivity contribution in [1.29, 1.82) is 0 Å². The number of nitrogens with one attached hydrogen (secondary N) is 2. The molecule has 2 N–H and O–H groups in total. The number of fused-ring (bicyclic) bond motifs is 1. The number of carbonyl (C=O) groups is 2. The number of benzene rings is 2. The van der Waals surface area contributed by atoms with Crippen LogP contribution >= 0.6 is 0 Å². The molecule has 6 heteroatoms. The first-order valence-electron chi connectivity index (χ1n) is 9.46. The molecule has 29 heavy (non-hydrogen) atoms. The second-order valence-corrected chi connectivity index (χ2v) is 7.85. The molecule has 0 aliphatic heterocycles. The first-order valence-corrected chi connectivity index (χ1v) is 9.46. The molecule has 0 spiro atoms. The maximum absolute atomic E-state index is 13.0. The van der Waals surface area contributed by atoms with Gasteiger partial charge in [0.05, 0.1) is 0 Å². The Hall–Kier alpha value is -3.25. The molecule has 0 saturated heterocycles. The van der Waals surface area contributed by atoms with Gasteiger partial charge in [-0.25, -0.2) is 10.2 Å². The van der Waals surface area contributed by atoms with Crippen LogP contribution in [0.25, 0.3) is 10.8 Å². The number of ether oxygens (including phenoxy) is 1. The van der Waals surface area contributed by atoms with Crippen LogP contribution in [-0.4, -0.2) is 22.5 Å². The van der Waals surface area contributed by atoms with Gasteiger partial charge in [0.2, 0.25) is 0 Å². The standard InChI is InChI=1S/C23H25N3O3/c1-15(25-26-22(28)29-23(2,3)4)16-8-10-17(11-9-16)21(27)20-7-5-6-18-14-24-13-12-19(18)20/h5-15,25H,1-4H3,(H,26,28)/t15-/m0/s1. The highest BCUT2D eigenvalue weighted by atomic mass is 16.6. The molecule has 0 fully saturated rings. The number of rotatable bonds is 5. The Morgan fingerprint density at radius 2 is 1.76 bits per heavy atom. The summed E-state index contributed by atoms with van der Waals surface area (Å²) in [5, 5.41) is 1.81. The summed E-state index contributed by atoms with van der Waals surface area (Å²) in [6, 6.07) is 14.6. The molecule has 0 saturated carbocycles. The highest BCUT2D eigenvalue weighted by Gasteiger charge is 2.17. The first kappa shape index (κ1) is 20.5. The lowest BCUT2D eigenvalue weighted by Gasteiger charge is -2.21. The van der Waals surface area contributed by atoms with E-state index in [0.717, 1.165) is 16.3 Å². The summed E-state index contributed by atoms with van der Waals surface area (Å²) < 4.78 is 5.20. The number of carbonyl (C=O) groups excluding carboxylic acids is 2. The highest BCUT2D eigenvalue weighted by molar-refractivity contribution is 6.16. The number of hydrogen-bond donors (Lipinski definition) is 2. The number of pyridine rings is 1. The molecule has 1 heterocycles. The Morgan fingerprint density at radius 1 is 1.03 bits per heavy atom. The van der Waals surface area contributed by atoms with E-state index >= 15 is 0 Å². The molecule has 0 aliphatic rings. The number of aromatic nitrogens is 1. The van der Waals surface area contributed by atoms with Gasteiger partial charge in [-0.3, -0.25) is 15.2 Å². The van der Waals surface area contributed by atoms with E-state index in [1.807, 2.05) is 43.3 Å². The third-order valence-electron chi connectivity index (χ3n) is 4.39. The van der Waals surface area contributed by atoms with Crippen LogP contribution in [0.15, 0.2) is 60.9 Å². The molecule has 2 aromatic carbocycles. The predicted octanol–water partition coefficient (Wildman–Crippen LogP) is 4.56. The van der Waals surface area contributed by atoms with Crippen molar-refractivity contribution >= 4 is 22.6 Å². The molecule has 1 aromatic heterocycles. The lowest BCUT2D eigenvalue weighted by atomic mass is 9.97. The first-order chi connectivity index (χ1) is 13.7. The van der Waals surface area contributed by atoms with Gasteiger partial charge in [0.1, 0.15) is 5.60 Å². The van der Waals surface area contributed by atoms with Crippen molar-refractivity contribution in [3.8, 4) is 0 Å². The van der Waals surface area contributed by atoms with Gasteiger partial charge in [-0.1, -0.05) is 42.5 Å². The van der Waals surface area contributed by atoms with E-state index in [2.05, 4.69) is 15.8 Å². The normalized spacial score (nSPS) is 12.4. The Bertz CT molecular complexity index is 1020. The minimum Gasteiger partial charge on any atom is -0.443 e. The van der Waals surface area contributed by atoms with Gasteiger partial charge in [-0.15, -0.1) is 0 Å². The Labute approximate surface area is 170 Å². The molecule has 0 bridgehead atoms. The molecule has 1 atom stereocenters. The molecule has 1 amide bonds. The molecule has 6 nitrogen and oxygen atoms in total. The summed E-state index contributed by atoms with van der Waals surface area (Å²) in [5.41, 5.74) is 7.07. The number of nitrogens with zero attached hydrogens (tertiary/aromatic N) is 1. The SMILES string of the molecule is C[C@H](NNC(=O)OC(C)(C)C)c1ccc(C(=O)c2cccc3cnccc23)cc1.